The largest absolute Gasteiger partial charge is 0.416 e. The topological polar surface area (TPSA) is 48.1 Å². The van der Waals surface area contributed by atoms with Gasteiger partial charge in [0.05, 0.1) is 6.57 Å². The number of anilines is 2. The van der Waals surface area contributed by atoms with Crippen molar-refractivity contribution >= 4 is 46.3 Å². The van der Waals surface area contributed by atoms with E-state index in [4.69, 9.17) is 29.8 Å². The Kier molecular flexibility index (Phi) is 5.76. The first-order valence-electron chi connectivity index (χ1n) is 9.88. The summed E-state index contributed by atoms with van der Waals surface area (Å²) in [5.74, 6) is 0. The molecule has 0 saturated carbocycles. The zero-order chi connectivity index (χ0) is 24.9. The summed E-state index contributed by atoms with van der Waals surface area (Å²) in [5.41, 5.74) is -6.55. The minimum Gasteiger partial charge on any atom is -0.364 e. The number of nitrogens with zero attached hydrogens (tertiary/aromatic N) is 3. The first-order chi connectivity index (χ1) is 15.9. The predicted molar refractivity (Wildman–Crippen MR) is 124 cm³/mol. The molecule has 0 spiro atoms. The minimum atomic E-state index is -5.12. The van der Waals surface area contributed by atoms with Crippen molar-refractivity contribution in [3.8, 4) is 0 Å². The second-order valence-electron chi connectivity index (χ2n) is 7.81. The van der Waals surface area contributed by atoms with Crippen LogP contribution in [0.15, 0.2) is 72.8 Å². The van der Waals surface area contributed by atoms with E-state index >= 15 is 0 Å². The standard InChI is InChI=1S/C24H16Cl2F3N3O2/c1-22(24(27,28)29)23(34,15-4-3-5-18(14-15)30-2)32(20-12-8-17(26)9-13-20)21(33)31(22)19-10-6-16(25)7-11-19/h3-14,34H,1H3. The Labute approximate surface area is 203 Å². The summed E-state index contributed by atoms with van der Waals surface area (Å²) in [6, 6.07) is 14.7. The number of carbonyl (C=O) groups is 1. The van der Waals surface area contributed by atoms with E-state index in [1.807, 2.05) is 0 Å². The van der Waals surface area contributed by atoms with Crippen molar-refractivity contribution in [2.75, 3.05) is 9.80 Å². The molecular weight excluding hydrogens is 490 g/mol. The van der Waals surface area contributed by atoms with E-state index in [9.17, 15) is 23.1 Å². The van der Waals surface area contributed by atoms with Crippen LogP contribution in [0.5, 0.6) is 0 Å². The molecule has 0 aliphatic carbocycles. The summed E-state index contributed by atoms with van der Waals surface area (Å²) in [6.45, 7) is 8.02. The predicted octanol–water partition coefficient (Wildman–Crippen LogP) is 7.16. The molecule has 2 unspecified atom stereocenters. The molecule has 0 bridgehead atoms. The van der Waals surface area contributed by atoms with Crippen LogP contribution in [0.1, 0.15) is 12.5 Å². The van der Waals surface area contributed by atoms with Crippen molar-refractivity contribution in [3.63, 3.8) is 0 Å². The SMILES string of the molecule is [C-]#[N+]c1cccc(C2(O)N(c3ccc(Cl)cc3)C(=O)N(c3ccc(Cl)cc3)C2(C)C(F)(F)F)c1. The van der Waals surface area contributed by atoms with E-state index in [1.54, 1.807) is 0 Å². The lowest BCUT2D eigenvalue weighted by atomic mass is 9.81. The lowest BCUT2D eigenvalue weighted by molar-refractivity contribution is -0.227. The van der Waals surface area contributed by atoms with Crippen LogP contribution in [-0.4, -0.2) is 22.9 Å². The van der Waals surface area contributed by atoms with Gasteiger partial charge in [0.25, 0.3) is 0 Å². The molecule has 1 heterocycles. The summed E-state index contributed by atoms with van der Waals surface area (Å²) < 4.78 is 44.9. The monoisotopic (exact) mass is 505 g/mol. The van der Waals surface area contributed by atoms with Crippen molar-refractivity contribution in [2.24, 2.45) is 0 Å². The van der Waals surface area contributed by atoms with Gasteiger partial charge in [-0.15, -0.1) is 0 Å². The molecule has 174 valence electrons. The van der Waals surface area contributed by atoms with Gasteiger partial charge in [-0.05, 0) is 67.1 Å². The third kappa shape index (κ3) is 3.40. The van der Waals surface area contributed by atoms with Crippen LogP contribution in [0.2, 0.25) is 10.0 Å². The van der Waals surface area contributed by atoms with E-state index in [0.29, 0.717) is 14.8 Å². The molecular formula is C24H16Cl2F3N3O2. The Bertz CT molecular complexity index is 1290. The van der Waals surface area contributed by atoms with Crippen LogP contribution < -0.4 is 9.80 Å². The molecule has 4 rings (SSSR count). The van der Waals surface area contributed by atoms with Gasteiger partial charge in [0.2, 0.25) is 5.72 Å². The molecule has 3 aromatic carbocycles. The molecule has 2 atom stereocenters. The summed E-state index contributed by atoms with van der Waals surface area (Å²) in [4.78, 5) is 18.2. The third-order valence-electron chi connectivity index (χ3n) is 5.93. The maximum absolute atomic E-state index is 15.0. The smallest absolute Gasteiger partial charge is 0.364 e. The van der Waals surface area contributed by atoms with Crippen LogP contribution in [-0.2, 0) is 5.72 Å². The number of aliphatic hydroxyl groups is 1. The van der Waals surface area contributed by atoms with Crippen molar-refractivity contribution in [2.45, 2.75) is 24.4 Å². The average molecular weight is 506 g/mol. The van der Waals surface area contributed by atoms with E-state index < -0.39 is 23.5 Å². The molecule has 1 fully saturated rings. The van der Waals surface area contributed by atoms with Crippen LogP contribution in [0, 0.1) is 6.57 Å². The fourth-order valence-corrected chi connectivity index (χ4v) is 4.43. The minimum absolute atomic E-state index is 0.00361. The van der Waals surface area contributed by atoms with E-state index in [-0.39, 0.29) is 27.6 Å². The first kappa shape index (κ1) is 23.9. The molecule has 34 heavy (non-hydrogen) atoms. The fourth-order valence-electron chi connectivity index (χ4n) is 4.18. The number of benzene rings is 3. The van der Waals surface area contributed by atoms with Gasteiger partial charge < -0.3 is 5.11 Å². The molecule has 5 nitrogen and oxygen atoms in total. The Morgan fingerprint density at radius 2 is 1.41 bits per heavy atom. The number of rotatable bonds is 3. The van der Waals surface area contributed by atoms with Gasteiger partial charge in [0.1, 0.15) is 0 Å². The van der Waals surface area contributed by atoms with Crippen molar-refractivity contribution < 1.29 is 23.1 Å². The maximum atomic E-state index is 15.0. The van der Waals surface area contributed by atoms with Crippen molar-refractivity contribution in [3.05, 3.63) is 99.8 Å². The average Bonchev–Trinajstić information content (AvgIpc) is 2.99. The Morgan fingerprint density at radius 3 is 1.88 bits per heavy atom. The molecule has 1 N–H and O–H groups in total. The molecule has 1 aliphatic heterocycles. The van der Waals surface area contributed by atoms with Crippen molar-refractivity contribution in [1.29, 1.82) is 0 Å². The lowest BCUT2D eigenvalue weighted by Gasteiger charge is -2.45. The Morgan fingerprint density at radius 1 is 0.912 bits per heavy atom. The van der Waals surface area contributed by atoms with E-state index in [0.717, 1.165) is 13.0 Å². The molecule has 10 heteroatoms. The number of hydrogen-bond donors (Lipinski definition) is 1. The summed E-state index contributed by atoms with van der Waals surface area (Å²) >= 11 is 11.9. The zero-order valence-corrected chi connectivity index (χ0v) is 19.0. The zero-order valence-electron chi connectivity index (χ0n) is 17.5. The number of hydrogen-bond acceptors (Lipinski definition) is 2. The number of amides is 2. The van der Waals surface area contributed by atoms with Crippen LogP contribution in [0.4, 0.5) is 35.0 Å². The normalized spacial score (nSPS) is 22.7. The molecule has 0 radical (unpaired) electrons. The van der Waals surface area contributed by atoms with Gasteiger partial charge in [-0.25, -0.2) is 9.64 Å². The lowest BCUT2D eigenvalue weighted by Crippen LogP contribution is -2.66. The maximum Gasteiger partial charge on any atom is 0.416 e. The highest BCUT2D eigenvalue weighted by Gasteiger charge is 2.77. The highest BCUT2D eigenvalue weighted by atomic mass is 35.5. The second kappa shape index (κ2) is 8.20. The first-order valence-corrected chi connectivity index (χ1v) is 10.6. The number of carbonyl (C=O) groups excluding carboxylic acids is 1. The van der Waals surface area contributed by atoms with Gasteiger partial charge in [0, 0.05) is 21.4 Å². The summed E-state index contributed by atoms with van der Waals surface area (Å²) in [5, 5.41) is 12.6. The molecule has 1 aliphatic rings. The number of urea groups is 1. The van der Waals surface area contributed by atoms with Gasteiger partial charge >= 0.3 is 12.2 Å². The summed E-state index contributed by atoms with van der Waals surface area (Å²) in [7, 11) is 0. The third-order valence-corrected chi connectivity index (χ3v) is 6.44. The number of alkyl halides is 3. The highest BCUT2D eigenvalue weighted by molar-refractivity contribution is 6.31. The molecule has 0 aromatic heterocycles. The highest BCUT2D eigenvalue weighted by Crippen LogP contribution is 2.57. The molecule has 2 amide bonds. The van der Waals surface area contributed by atoms with Gasteiger partial charge in [-0.2, -0.15) is 13.2 Å². The van der Waals surface area contributed by atoms with Crippen LogP contribution in [0.25, 0.3) is 4.85 Å². The fraction of sp³-hybridized carbons (Fsp3) is 0.167. The Balaban J connectivity index is 2.09. The van der Waals surface area contributed by atoms with Gasteiger partial charge in [-0.3, -0.25) is 9.80 Å². The number of halogens is 5. The van der Waals surface area contributed by atoms with Crippen LogP contribution >= 0.6 is 23.2 Å². The summed E-state index contributed by atoms with van der Waals surface area (Å²) in [6.07, 6.45) is -5.12. The van der Waals surface area contributed by atoms with Crippen LogP contribution in [0.3, 0.4) is 0 Å². The van der Waals surface area contributed by atoms with E-state index in [2.05, 4.69) is 4.85 Å². The molecule has 3 aromatic rings. The quantitative estimate of drug-likeness (QED) is 0.384. The molecule has 1 saturated heterocycles. The Hall–Kier alpha value is -3.25. The van der Waals surface area contributed by atoms with Gasteiger partial charge in [0.15, 0.2) is 11.2 Å². The van der Waals surface area contributed by atoms with Crippen molar-refractivity contribution in [1.82, 2.24) is 0 Å². The van der Waals surface area contributed by atoms with E-state index in [1.165, 1.54) is 66.7 Å². The second-order valence-corrected chi connectivity index (χ2v) is 8.68. The van der Waals surface area contributed by atoms with Gasteiger partial charge in [-0.1, -0.05) is 41.4 Å².